The lowest BCUT2D eigenvalue weighted by atomic mass is 10.0. The van der Waals surface area contributed by atoms with Gasteiger partial charge in [0.15, 0.2) is 0 Å². The number of carbonyl (C=O) groups is 1. The van der Waals surface area contributed by atoms with Crippen molar-refractivity contribution in [2.45, 2.75) is 110 Å². The highest BCUT2D eigenvalue weighted by Gasteiger charge is 2.15. The fraction of sp³-hybridized carbons (Fsp3) is 0.857. The number of ether oxygens (including phenoxy) is 1. The average Bonchev–Trinajstić information content (AvgIpc) is 2.62. The van der Waals surface area contributed by atoms with Crippen molar-refractivity contribution in [3.8, 4) is 0 Å². The zero-order valence-corrected chi connectivity index (χ0v) is 18.1. The van der Waals surface area contributed by atoms with E-state index in [4.69, 9.17) is 14.5 Å². The maximum Gasteiger partial charge on any atom is 0.326 e. The summed E-state index contributed by atoms with van der Waals surface area (Å²) < 4.78 is 15.4. The van der Waals surface area contributed by atoms with Crippen LogP contribution in [0, 0.1) is 0 Å². The fourth-order valence-corrected chi connectivity index (χ4v) is 3.42. The first kappa shape index (κ1) is 26.4. The first-order chi connectivity index (χ1) is 13.0. The molecule has 27 heavy (non-hydrogen) atoms. The molecule has 6 heteroatoms. The Morgan fingerprint density at radius 1 is 0.815 bits per heavy atom. The topological polar surface area (TPSA) is 83.8 Å². The van der Waals surface area contributed by atoms with Gasteiger partial charge in [0, 0.05) is 0 Å². The summed E-state index contributed by atoms with van der Waals surface area (Å²) in [5.74, 6) is -0.601. The highest BCUT2D eigenvalue weighted by atomic mass is 31.2. The van der Waals surface area contributed by atoms with Crippen molar-refractivity contribution < 1.29 is 23.9 Å². The fourth-order valence-electron chi connectivity index (χ4n) is 2.94. The summed E-state index contributed by atoms with van der Waals surface area (Å²) >= 11 is 0. The highest BCUT2D eigenvalue weighted by Crippen LogP contribution is 2.34. The molecule has 0 radical (unpaired) electrons. The normalized spacial score (nSPS) is 12.0. The average molecular weight is 405 g/mol. The molecule has 0 unspecified atom stereocenters. The Labute approximate surface area is 166 Å². The molecule has 0 saturated heterocycles. The lowest BCUT2D eigenvalue weighted by Crippen LogP contribution is -2.02. The van der Waals surface area contributed by atoms with E-state index in [1.54, 1.807) is 6.08 Å². The van der Waals surface area contributed by atoms with Gasteiger partial charge in [-0.15, -0.1) is 0 Å². The molecule has 0 heterocycles. The molecule has 5 nitrogen and oxygen atoms in total. The standard InChI is InChI=1S/C21H41O5P/c1-2-3-4-5-6-7-8-9-10-11-12-13-14-15-16-17-19-26-21(22)18-20-27(23,24)25/h17,19H,2-16,18,20H2,1H3,(H2,23,24,25)/b19-17+. The summed E-state index contributed by atoms with van der Waals surface area (Å²) in [4.78, 5) is 28.6. The van der Waals surface area contributed by atoms with Crippen LogP contribution in [0.15, 0.2) is 12.3 Å². The van der Waals surface area contributed by atoms with E-state index in [9.17, 15) is 9.36 Å². The van der Waals surface area contributed by atoms with Gasteiger partial charge in [-0.05, 0) is 18.9 Å². The molecular formula is C21H41O5P. The van der Waals surface area contributed by atoms with Crippen molar-refractivity contribution in [3.05, 3.63) is 12.3 Å². The molecule has 0 aromatic rings. The molecule has 0 aromatic heterocycles. The van der Waals surface area contributed by atoms with Gasteiger partial charge in [-0.1, -0.05) is 90.4 Å². The zero-order valence-electron chi connectivity index (χ0n) is 17.2. The van der Waals surface area contributed by atoms with Crippen molar-refractivity contribution in [3.63, 3.8) is 0 Å². The minimum absolute atomic E-state index is 0.256. The number of rotatable bonds is 19. The van der Waals surface area contributed by atoms with E-state index in [0.717, 1.165) is 12.8 Å². The van der Waals surface area contributed by atoms with Crippen LogP contribution in [0.4, 0.5) is 0 Å². The van der Waals surface area contributed by atoms with Crippen molar-refractivity contribution in [1.82, 2.24) is 0 Å². The van der Waals surface area contributed by atoms with Crippen molar-refractivity contribution in [2.75, 3.05) is 6.16 Å². The Morgan fingerprint density at radius 3 is 1.70 bits per heavy atom. The molecule has 0 aromatic carbocycles. The predicted octanol–water partition coefficient (Wildman–Crippen LogP) is 6.48. The zero-order chi connectivity index (χ0) is 20.2. The van der Waals surface area contributed by atoms with Crippen LogP contribution in [0.25, 0.3) is 0 Å². The minimum Gasteiger partial charge on any atom is -0.435 e. The molecular weight excluding hydrogens is 363 g/mol. The van der Waals surface area contributed by atoms with Crippen LogP contribution in [0.3, 0.4) is 0 Å². The van der Waals surface area contributed by atoms with Gasteiger partial charge in [-0.25, -0.2) is 0 Å². The number of allylic oxidation sites excluding steroid dienone is 1. The molecule has 0 saturated carbocycles. The van der Waals surface area contributed by atoms with Crippen molar-refractivity contribution in [1.29, 1.82) is 0 Å². The minimum atomic E-state index is -4.12. The first-order valence-electron chi connectivity index (χ1n) is 10.8. The van der Waals surface area contributed by atoms with Gasteiger partial charge in [0.2, 0.25) is 0 Å². The molecule has 0 aliphatic carbocycles. The second kappa shape index (κ2) is 18.7. The SMILES string of the molecule is CCCCCCCCCCCCCCCC/C=C/OC(=O)CCP(=O)(O)O. The second-order valence-electron chi connectivity index (χ2n) is 7.38. The molecule has 0 aliphatic rings. The summed E-state index contributed by atoms with van der Waals surface area (Å²) in [6.07, 6.45) is 21.9. The lowest BCUT2D eigenvalue weighted by molar-refractivity contribution is -0.137. The van der Waals surface area contributed by atoms with E-state index in [1.165, 1.54) is 89.7 Å². The van der Waals surface area contributed by atoms with Crippen LogP contribution >= 0.6 is 7.60 Å². The van der Waals surface area contributed by atoms with E-state index in [1.807, 2.05) is 0 Å². The summed E-state index contributed by atoms with van der Waals surface area (Å²) in [5.41, 5.74) is 0. The Kier molecular flexibility index (Phi) is 18.3. The second-order valence-corrected chi connectivity index (χ2v) is 9.16. The third-order valence-corrected chi connectivity index (χ3v) is 5.43. The molecule has 0 atom stereocenters. The van der Waals surface area contributed by atoms with E-state index < -0.39 is 19.7 Å². The predicted molar refractivity (Wildman–Crippen MR) is 112 cm³/mol. The van der Waals surface area contributed by atoms with Crippen LogP contribution in [0.5, 0.6) is 0 Å². The molecule has 2 N–H and O–H groups in total. The number of carbonyl (C=O) groups excluding carboxylic acids is 1. The summed E-state index contributed by atoms with van der Waals surface area (Å²) in [7, 11) is -4.12. The van der Waals surface area contributed by atoms with Gasteiger partial charge < -0.3 is 14.5 Å². The number of unbranched alkanes of at least 4 members (excludes halogenated alkanes) is 14. The van der Waals surface area contributed by atoms with Gasteiger partial charge in [-0.2, -0.15) is 0 Å². The van der Waals surface area contributed by atoms with E-state index >= 15 is 0 Å². The number of hydrogen-bond acceptors (Lipinski definition) is 3. The summed E-state index contributed by atoms with van der Waals surface area (Å²) in [5, 5.41) is 0. The van der Waals surface area contributed by atoms with Crippen LogP contribution in [-0.4, -0.2) is 21.9 Å². The molecule has 0 spiro atoms. The Bertz CT molecular complexity index is 417. The third-order valence-electron chi connectivity index (χ3n) is 4.63. The third kappa shape index (κ3) is 23.3. The number of esters is 1. The smallest absolute Gasteiger partial charge is 0.326 e. The van der Waals surface area contributed by atoms with Crippen molar-refractivity contribution >= 4 is 13.6 Å². The first-order valence-corrected chi connectivity index (χ1v) is 12.6. The lowest BCUT2D eigenvalue weighted by Gasteiger charge is -2.03. The highest BCUT2D eigenvalue weighted by molar-refractivity contribution is 7.51. The van der Waals surface area contributed by atoms with Crippen LogP contribution in [0.1, 0.15) is 110 Å². The Hall–Kier alpha value is -0.640. The molecule has 0 aliphatic heterocycles. The maximum atomic E-state index is 11.2. The van der Waals surface area contributed by atoms with E-state index in [0.29, 0.717) is 0 Å². The summed E-state index contributed by atoms with van der Waals surface area (Å²) in [6.45, 7) is 2.26. The largest absolute Gasteiger partial charge is 0.435 e. The van der Waals surface area contributed by atoms with Gasteiger partial charge >= 0.3 is 13.6 Å². The molecule has 0 bridgehead atoms. The molecule has 160 valence electrons. The van der Waals surface area contributed by atoms with E-state index in [-0.39, 0.29) is 6.42 Å². The quantitative estimate of drug-likeness (QED) is 0.111. The Morgan fingerprint density at radius 2 is 1.26 bits per heavy atom. The van der Waals surface area contributed by atoms with Crippen LogP contribution < -0.4 is 0 Å². The van der Waals surface area contributed by atoms with Crippen LogP contribution in [0.2, 0.25) is 0 Å². The van der Waals surface area contributed by atoms with Crippen molar-refractivity contribution in [2.24, 2.45) is 0 Å². The monoisotopic (exact) mass is 404 g/mol. The van der Waals surface area contributed by atoms with Crippen LogP contribution in [-0.2, 0) is 14.1 Å². The summed E-state index contributed by atoms with van der Waals surface area (Å²) in [6, 6.07) is 0. The van der Waals surface area contributed by atoms with Gasteiger partial charge in [0.25, 0.3) is 0 Å². The number of hydrogen-bond donors (Lipinski definition) is 2. The van der Waals surface area contributed by atoms with E-state index in [2.05, 4.69) is 6.92 Å². The Balaban J connectivity index is 3.24. The van der Waals surface area contributed by atoms with Gasteiger partial charge in [-0.3, -0.25) is 9.36 Å². The van der Waals surface area contributed by atoms with Gasteiger partial charge in [0.05, 0.1) is 18.8 Å². The molecule has 0 amide bonds. The van der Waals surface area contributed by atoms with Gasteiger partial charge in [0.1, 0.15) is 0 Å². The molecule has 0 rings (SSSR count). The maximum absolute atomic E-state index is 11.2. The molecule has 0 fully saturated rings.